The normalized spacial score (nSPS) is 17.4. The lowest BCUT2D eigenvalue weighted by molar-refractivity contribution is -0.145. The van der Waals surface area contributed by atoms with E-state index in [0.29, 0.717) is 12.0 Å². The molecular weight excluding hydrogens is 364 g/mol. The van der Waals surface area contributed by atoms with E-state index in [1.165, 1.54) is 7.11 Å². The molecule has 0 saturated carbocycles. The van der Waals surface area contributed by atoms with E-state index in [-0.39, 0.29) is 18.7 Å². The van der Waals surface area contributed by atoms with Gasteiger partial charge in [0.05, 0.1) is 12.7 Å². The molecule has 28 heavy (non-hydrogen) atoms. The molecule has 0 aromatic heterocycles. The summed E-state index contributed by atoms with van der Waals surface area (Å²) in [5, 5.41) is 5.19. The molecular formula is C20H26N2O6. The van der Waals surface area contributed by atoms with Gasteiger partial charge in [0, 0.05) is 12.8 Å². The summed E-state index contributed by atoms with van der Waals surface area (Å²) in [5.41, 5.74) is 0.538. The van der Waals surface area contributed by atoms with Crippen LogP contribution in [-0.4, -0.2) is 48.5 Å². The molecule has 1 heterocycles. The summed E-state index contributed by atoms with van der Waals surface area (Å²) in [5.74, 6) is -1.64. The minimum absolute atomic E-state index is 0.188. The van der Waals surface area contributed by atoms with E-state index >= 15 is 0 Å². The number of amides is 2. The van der Waals surface area contributed by atoms with E-state index in [9.17, 15) is 19.2 Å². The van der Waals surface area contributed by atoms with Crippen LogP contribution in [0.2, 0.25) is 0 Å². The van der Waals surface area contributed by atoms with E-state index in [2.05, 4.69) is 10.6 Å². The van der Waals surface area contributed by atoms with Gasteiger partial charge in [-0.3, -0.25) is 9.59 Å². The second kappa shape index (κ2) is 8.86. The van der Waals surface area contributed by atoms with Crippen molar-refractivity contribution in [3.8, 4) is 0 Å². The predicted octanol–water partition coefficient (Wildman–Crippen LogP) is 1.12. The number of hydrogen-bond acceptors (Lipinski definition) is 6. The Bertz CT molecular complexity index is 751. The van der Waals surface area contributed by atoms with Crippen LogP contribution in [0, 0.1) is 0 Å². The van der Waals surface area contributed by atoms with Crippen molar-refractivity contribution in [3.63, 3.8) is 0 Å². The lowest BCUT2D eigenvalue weighted by Gasteiger charge is -2.20. The van der Waals surface area contributed by atoms with E-state index in [4.69, 9.17) is 9.47 Å². The van der Waals surface area contributed by atoms with Gasteiger partial charge in [0.25, 0.3) is 0 Å². The van der Waals surface area contributed by atoms with Crippen molar-refractivity contribution < 1.29 is 28.7 Å². The molecule has 0 bridgehead atoms. The molecule has 2 atom stereocenters. The van der Waals surface area contributed by atoms with Gasteiger partial charge in [-0.1, -0.05) is 12.1 Å². The van der Waals surface area contributed by atoms with E-state index < -0.39 is 35.5 Å². The number of benzene rings is 1. The van der Waals surface area contributed by atoms with Gasteiger partial charge in [-0.2, -0.15) is 0 Å². The van der Waals surface area contributed by atoms with Crippen molar-refractivity contribution in [2.75, 3.05) is 7.11 Å². The first-order valence-corrected chi connectivity index (χ1v) is 9.09. The zero-order valence-corrected chi connectivity index (χ0v) is 16.5. The SMILES string of the molecule is COC(=O)[C@H](Cc1ccc(C(=O)OC(C)(C)C)cc1)NC(=O)[C@@H]1CCC(=O)N1. The third-order valence-corrected chi connectivity index (χ3v) is 4.14. The minimum Gasteiger partial charge on any atom is -0.467 e. The molecule has 8 heteroatoms. The van der Waals surface area contributed by atoms with Crippen molar-refractivity contribution in [1.82, 2.24) is 10.6 Å². The first-order valence-electron chi connectivity index (χ1n) is 9.09. The quantitative estimate of drug-likeness (QED) is 0.704. The van der Waals surface area contributed by atoms with E-state index in [1.54, 1.807) is 45.0 Å². The molecule has 2 N–H and O–H groups in total. The van der Waals surface area contributed by atoms with Crippen molar-refractivity contribution in [2.45, 2.75) is 57.7 Å². The number of nitrogens with one attached hydrogen (secondary N) is 2. The Labute approximate surface area is 164 Å². The van der Waals surface area contributed by atoms with Gasteiger partial charge in [-0.25, -0.2) is 9.59 Å². The third kappa shape index (κ3) is 6.07. The van der Waals surface area contributed by atoms with Crippen LogP contribution in [0.15, 0.2) is 24.3 Å². The summed E-state index contributed by atoms with van der Waals surface area (Å²) >= 11 is 0. The fourth-order valence-electron chi connectivity index (χ4n) is 2.77. The highest BCUT2D eigenvalue weighted by Gasteiger charge is 2.31. The third-order valence-electron chi connectivity index (χ3n) is 4.14. The summed E-state index contributed by atoms with van der Waals surface area (Å²) in [7, 11) is 1.24. The molecule has 1 aliphatic rings. The molecule has 2 rings (SSSR count). The molecule has 0 spiro atoms. The van der Waals surface area contributed by atoms with Crippen LogP contribution < -0.4 is 10.6 Å². The van der Waals surface area contributed by atoms with Gasteiger partial charge in [-0.15, -0.1) is 0 Å². The van der Waals surface area contributed by atoms with Crippen LogP contribution in [-0.2, 0) is 30.3 Å². The average molecular weight is 390 g/mol. The summed E-state index contributed by atoms with van der Waals surface area (Å²) in [6.45, 7) is 5.36. The van der Waals surface area contributed by atoms with Crippen LogP contribution in [0.5, 0.6) is 0 Å². The lowest BCUT2D eigenvalue weighted by atomic mass is 10.0. The van der Waals surface area contributed by atoms with E-state index in [0.717, 1.165) is 5.56 Å². The summed E-state index contributed by atoms with van der Waals surface area (Å²) in [6, 6.07) is 5.06. The number of carbonyl (C=O) groups excluding carboxylic acids is 4. The Morgan fingerprint density at radius 1 is 1.21 bits per heavy atom. The Kier molecular flexibility index (Phi) is 6.77. The molecule has 1 aromatic carbocycles. The van der Waals surface area contributed by atoms with E-state index in [1.807, 2.05) is 0 Å². The number of carbonyl (C=O) groups is 4. The number of methoxy groups -OCH3 is 1. The second-order valence-corrected chi connectivity index (χ2v) is 7.65. The second-order valence-electron chi connectivity index (χ2n) is 7.65. The lowest BCUT2D eigenvalue weighted by Crippen LogP contribution is -2.49. The number of rotatable bonds is 6. The molecule has 2 amide bonds. The van der Waals surface area contributed by atoms with Crippen LogP contribution in [0.3, 0.4) is 0 Å². The highest BCUT2D eigenvalue weighted by Crippen LogP contribution is 2.14. The maximum Gasteiger partial charge on any atom is 0.338 e. The van der Waals surface area contributed by atoms with Gasteiger partial charge in [0.2, 0.25) is 11.8 Å². The van der Waals surface area contributed by atoms with Gasteiger partial charge in [0.1, 0.15) is 17.7 Å². The highest BCUT2D eigenvalue weighted by atomic mass is 16.6. The molecule has 0 unspecified atom stereocenters. The fourth-order valence-corrected chi connectivity index (χ4v) is 2.77. The molecule has 1 saturated heterocycles. The zero-order chi connectivity index (χ0) is 20.9. The Hall–Kier alpha value is -2.90. The van der Waals surface area contributed by atoms with Crippen LogP contribution in [0.1, 0.15) is 49.5 Å². The topological polar surface area (TPSA) is 111 Å². The number of ether oxygens (including phenoxy) is 2. The average Bonchev–Trinajstić information content (AvgIpc) is 3.06. The van der Waals surface area contributed by atoms with Crippen LogP contribution >= 0.6 is 0 Å². The monoisotopic (exact) mass is 390 g/mol. The molecule has 1 aromatic rings. The van der Waals surface area contributed by atoms with Crippen molar-refractivity contribution >= 4 is 23.8 Å². The van der Waals surface area contributed by atoms with Crippen LogP contribution in [0.25, 0.3) is 0 Å². The maximum absolute atomic E-state index is 12.3. The number of esters is 2. The first kappa shape index (κ1) is 21.4. The summed E-state index contributed by atoms with van der Waals surface area (Å²) in [6.07, 6.45) is 0.865. The Morgan fingerprint density at radius 2 is 1.86 bits per heavy atom. The number of hydrogen-bond donors (Lipinski definition) is 2. The standard InChI is InChI=1S/C20H26N2O6/c1-20(2,3)28-18(25)13-7-5-12(6-8-13)11-15(19(26)27-4)22-17(24)14-9-10-16(23)21-14/h5-8,14-15H,9-11H2,1-4H3,(H,21,23)(H,22,24)/t14-,15-/m0/s1. The van der Waals surface area contributed by atoms with Crippen molar-refractivity contribution in [2.24, 2.45) is 0 Å². The van der Waals surface area contributed by atoms with Gasteiger partial charge in [-0.05, 0) is 44.9 Å². The molecule has 1 aliphatic heterocycles. The fraction of sp³-hybridized carbons (Fsp3) is 0.500. The molecule has 8 nitrogen and oxygen atoms in total. The largest absolute Gasteiger partial charge is 0.467 e. The van der Waals surface area contributed by atoms with Gasteiger partial charge < -0.3 is 20.1 Å². The molecule has 0 radical (unpaired) electrons. The Morgan fingerprint density at radius 3 is 2.36 bits per heavy atom. The zero-order valence-electron chi connectivity index (χ0n) is 16.5. The predicted molar refractivity (Wildman–Crippen MR) is 100 cm³/mol. The van der Waals surface area contributed by atoms with Crippen molar-refractivity contribution in [3.05, 3.63) is 35.4 Å². The van der Waals surface area contributed by atoms with Gasteiger partial charge >= 0.3 is 11.9 Å². The molecule has 1 fully saturated rings. The minimum atomic E-state index is -0.901. The van der Waals surface area contributed by atoms with Gasteiger partial charge in [0.15, 0.2) is 0 Å². The first-order chi connectivity index (χ1) is 13.1. The van der Waals surface area contributed by atoms with Crippen LogP contribution in [0.4, 0.5) is 0 Å². The summed E-state index contributed by atoms with van der Waals surface area (Å²) < 4.78 is 10.1. The summed E-state index contributed by atoms with van der Waals surface area (Å²) in [4.78, 5) is 47.7. The molecule has 0 aliphatic carbocycles. The maximum atomic E-state index is 12.3. The smallest absolute Gasteiger partial charge is 0.338 e. The molecule has 152 valence electrons. The highest BCUT2D eigenvalue weighted by molar-refractivity contribution is 5.93. The Balaban J connectivity index is 2.03. The van der Waals surface area contributed by atoms with Crippen molar-refractivity contribution in [1.29, 1.82) is 0 Å².